The molecule has 0 aromatic carbocycles. The zero-order valence-electron chi connectivity index (χ0n) is 7.94. The van der Waals surface area contributed by atoms with E-state index in [1.807, 2.05) is 13.1 Å². The monoisotopic (exact) mass is 243 g/mol. The van der Waals surface area contributed by atoms with E-state index in [4.69, 9.17) is 0 Å². The van der Waals surface area contributed by atoms with Gasteiger partial charge in [0.1, 0.15) is 0 Å². The molecule has 1 rings (SSSR count). The van der Waals surface area contributed by atoms with Gasteiger partial charge in [-0.2, -0.15) is 0 Å². The summed E-state index contributed by atoms with van der Waals surface area (Å²) < 4.78 is 0. The molecule has 3 nitrogen and oxygen atoms in total. The van der Waals surface area contributed by atoms with Crippen LogP contribution in [0.5, 0.6) is 0 Å². The van der Waals surface area contributed by atoms with E-state index in [1.54, 1.807) is 12.4 Å². The highest BCUT2D eigenvalue weighted by Gasteiger charge is 2.03. The molecule has 0 radical (unpaired) electrons. The van der Waals surface area contributed by atoms with Gasteiger partial charge in [0.05, 0.1) is 0 Å². The third-order valence-corrected chi connectivity index (χ3v) is 2.21. The second kappa shape index (κ2) is 5.17. The van der Waals surface area contributed by atoms with Crippen LogP contribution in [0.25, 0.3) is 0 Å². The highest BCUT2D eigenvalue weighted by Crippen LogP contribution is 2.07. The van der Waals surface area contributed by atoms with Crippen LogP contribution in [0, 0.1) is 0 Å². The van der Waals surface area contributed by atoms with Crippen molar-refractivity contribution in [3.8, 4) is 0 Å². The maximum Gasteiger partial charge on any atom is 0.224 e. The average Bonchev–Trinajstić information content (AvgIpc) is 2.15. The molecule has 0 saturated heterocycles. The van der Waals surface area contributed by atoms with Crippen molar-refractivity contribution in [2.24, 2.45) is 0 Å². The summed E-state index contributed by atoms with van der Waals surface area (Å²) in [6.45, 7) is 3.11. The maximum atomic E-state index is 4.16. The molecule has 0 N–H and O–H groups in total. The van der Waals surface area contributed by atoms with Gasteiger partial charge in [0.25, 0.3) is 0 Å². The predicted molar refractivity (Wildman–Crippen MR) is 58.3 cm³/mol. The number of anilines is 1. The molecule has 0 aliphatic heterocycles. The Hall–Kier alpha value is -0.640. The van der Waals surface area contributed by atoms with Gasteiger partial charge < -0.3 is 4.90 Å². The molecule has 13 heavy (non-hydrogen) atoms. The number of alkyl halides is 1. The minimum absolute atomic E-state index is 0.540. The molecule has 0 saturated carbocycles. The van der Waals surface area contributed by atoms with Crippen LogP contribution in [0.2, 0.25) is 0 Å². The van der Waals surface area contributed by atoms with Crippen LogP contribution in [-0.4, -0.2) is 28.4 Å². The van der Waals surface area contributed by atoms with E-state index < -0.39 is 0 Å². The summed E-state index contributed by atoms with van der Waals surface area (Å²) in [6, 6.07) is 1.82. The van der Waals surface area contributed by atoms with Crippen molar-refractivity contribution in [1.29, 1.82) is 0 Å². The normalized spacial score (nSPS) is 12.5. The molecular weight excluding hydrogens is 230 g/mol. The first-order valence-electron chi connectivity index (χ1n) is 4.32. The number of aromatic nitrogens is 2. The number of rotatable bonds is 4. The lowest BCUT2D eigenvalue weighted by atomic mass is 10.3. The largest absolute Gasteiger partial charge is 0.344 e. The fraction of sp³-hybridized carbons (Fsp3) is 0.556. The minimum Gasteiger partial charge on any atom is -0.344 e. The summed E-state index contributed by atoms with van der Waals surface area (Å²) in [7, 11) is 2.00. The molecule has 1 unspecified atom stereocenters. The van der Waals surface area contributed by atoms with Crippen molar-refractivity contribution in [1.82, 2.24) is 9.97 Å². The van der Waals surface area contributed by atoms with Gasteiger partial charge in [0.2, 0.25) is 5.95 Å². The minimum atomic E-state index is 0.540. The first-order valence-corrected chi connectivity index (χ1v) is 5.24. The van der Waals surface area contributed by atoms with Gasteiger partial charge in [-0.25, -0.2) is 9.97 Å². The topological polar surface area (TPSA) is 29.0 Å². The number of nitrogens with zero attached hydrogens (tertiary/aromatic N) is 3. The van der Waals surface area contributed by atoms with E-state index in [0.29, 0.717) is 4.83 Å². The Bertz CT molecular complexity index is 238. The third kappa shape index (κ3) is 3.72. The quantitative estimate of drug-likeness (QED) is 0.759. The van der Waals surface area contributed by atoms with Crippen LogP contribution in [0.3, 0.4) is 0 Å². The smallest absolute Gasteiger partial charge is 0.224 e. The second-order valence-corrected chi connectivity index (χ2v) is 4.60. The molecule has 0 aliphatic carbocycles. The summed E-state index contributed by atoms with van der Waals surface area (Å²) >= 11 is 3.51. The molecule has 1 heterocycles. The summed E-state index contributed by atoms with van der Waals surface area (Å²) in [5, 5.41) is 0. The Morgan fingerprint density at radius 3 is 2.62 bits per heavy atom. The zero-order chi connectivity index (χ0) is 9.68. The van der Waals surface area contributed by atoms with Crippen molar-refractivity contribution in [3.05, 3.63) is 18.5 Å². The summed E-state index contributed by atoms with van der Waals surface area (Å²) in [5.74, 6) is 0.788. The first-order chi connectivity index (χ1) is 6.20. The molecule has 1 aromatic heterocycles. The van der Waals surface area contributed by atoms with Crippen molar-refractivity contribution >= 4 is 21.9 Å². The van der Waals surface area contributed by atoms with E-state index in [9.17, 15) is 0 Å². The van der Waals surface area contributed by atoms with Crippen LogP contribution < -0.4 is 4.90 Å². The third-order valence-electron chi connectivity index (χ3n) is 1.76. The lowest BCUT2D eigenvalue weighted by Crippen LogP contribution is -2.22. The molecule has 0 amide bonds. The lowest BCUT2D eigenvalue weighted by Gasteiger charge is -2.16. The molecule has 0 spiro atoms. The van der Waals surface area contributed by atoms with Gasteiger partial charge in [-0.1, -0.05) is 22.9 Å². The Morgan fingerprint density at radius 1 is 1.46 bits per heavy atom. The zero-order valence-corrected chi connectivity index (χ0v) is 9.53. The SMILES string of the molecule is CC(Br)CCN(C)c1ncccn1. The fourth-order valence-electron chi connectivity index (χ4n) is 0.960. The molecule has 72 valence electrons. The van der Waals surface area contributed by atoms with Gasteiger partial charge in [-0.3, -0.25) is 0 Å². The summed E-state index contributed by atoms with van der Waals surface area (Å²) in [4.78, 5) is 10.9. The molecule has 4 heteroatoms. The van der Waals surface area contributed by atoms with Crippen molar-refractivity contribution < 1.29 is 0 Å². The Morgan fingerprint density at radius 2 is 2.08 bits per heavy atom. The van der Waals surface area contributed by atoms with E-state index in [-0.39, 0.29) is 0 Å². The van der Waals surface area contributed by atoms with Crippen molar-refractivity contribution in [3.63, 3.8) is 0 Å². The van der Waals surface area contributed by atoms with E-state index in [2.05, 4.69) is 37.7 Å². The second-order valence-electron chi connectivity index (χ2n) is 3.04. The number of halogens is 1. The standard InChI is InChI=1S/C9H14BrN3/c1-8(10)4-7-13(2)9-11-5-3-6-12-9/h3,5-6,8H,4,7H2,1-2H3. The van der Waals surface area contributed by atoms with Crippen LogP contribution in [0.15, 0.2) is 18.5 Å². The Labute approximate surface area is 87.3 Å². The van der Waals surface area contributed by atoms with E-state index >= 15 is 0 Å². The van der Waals surface area contributed by atoms with E-state index in [1.165, 1.54) is 0 Å². The number of hydrogen-bond donors (Lipinski definition) is 0. The van der Waals surface area contributed by atoms with Gasteiger partial charge in [0, 0.05) is 30.8 Å². The van der Waals surface area contributed by atoms with Gasteiger partial charge in [0.15, 0.2) is 0 Å². The number of hydrogen-bond acceptors (Lipinski definition) is 3. The molecule has 0 bridgehead atoms. The van der Waals surface area contributed by atoms with E-state index in [0.717, 1.165) is 18.9 Å². The highest BCUT2D eigenvalue weighted by atomic mass is 79.9. The van der Waals surface area contributed by atoms with Crippen molar-refractivity contribution in [2.75, 3.05) is 18.5 Å². The highest BCUT2D eigenvalue weighted by molar-refractivity contribution is 9.09. The molecule has 1 aromatic rings. The molecule has 1 atom stereocenters. The average molecular weight is 244 g/mol. The Kier molecular flexibility index (Phi) is 4.15. The van der Waals surface area contributed by atoms with Crippen LogP contribution in [0.1, 0.15) is 13.3 Å². The van der Waals surface area contributed by atoms with Gasteiger partial charge >= 0.3 is 0 Å². The summed E-state index contributed by atoms with van der Waals surface area (Å²) in [5.41, 5.74) is 0. The molecule has 0 fully saturated rings. The van der Waals surface area contributed by atoms with Gasteiger partial charge in [-0.15, -0.1) is 0 Å². The lowest BCUT2D eigenvalue weighted by molar-refractivity contribution is 0.767. The van der Waals surface area contributed by atoms with Crippen LogP contribution in [-0.2, 0) is 0 Å². The van der Waals surface area contributed by atoms with Crippen molar-refractivity contribution in [2.45, 2.75) is 18.2 Å². The molecule has 0 aliphatic rings. The summed E-state index contributed by atoms with van der Waals surface area (Å²) in [6.07, 6.45) is 4.61. The fourth-order valence-corrected chi connectivity index (χ4v) is 1.16. The van der Waals surface area contributed by atoms with Crippen LogP contribution in [0.4, 0.5) is 5.95 Å². The van der Waals surface area contributed by atoms with Crippen LogP contribution >= 0.6 is 15.9 Å². The molecular formula is C9H14BrN3. The Balaban J connectivity index is 2.44. The maximum absolute atomic E-state index is 4.16. The first kappa shape index (κ1) is 10.4. The predicted octanol–water partition coefficient (Wildman–Crippen LogP) is 2.09. The van der Waals surface area contributed by atoms with Gasteiger partial charge in [-0.05, 0) is 12.5 Å².